The van der Waals surface area contributed by atoms with Crippen LogP contribution in [-0.4, -0.2) is 0 Å². The van der Waals surface area contributed by atoms with Crippen molar-refractivity contribution in [1.29, 1.82) is 0 Å². The van der Waals surface area contributed by atoms with Gasteiger partial charge in [0.2, 0.25) is 0 Å². The summed E-state index contributed by atoms with van der Waals surface area (Å²) in [4.78, 5) is 0. The second kappa shape index (κ2) is 5.44. The van der Waals surface area contributed by atoms with Crippen LogP contribution in [-0.2, 0) is 0 Å². The number of rotatable bonds is 3. The Morgan fingerprint density at radius 1 is 0.944 bits per heavy atom. The second-order valence-corrected chi connectivity index (χ2v) is 4.14. The van der Waals surface area contributed by atoms with E-state index in [0.29, 0.717) is 11.1 Å². The predicted molar refractivity (Wildman–Crippen MR) is 67.0 cm³/mol. The molecule has 0 aliphatic heterocycles. The molecule has 1 unspecified atom stereocenters. The minimum absolute atomic E-state index is 0.0660. The number of benzene rings is 2. The first-order chi connectivity index (χ1) is 8.65. The summed E-state index contributed by atoms with van der Waals surface area (Å²) in [5.74, 6) is 4.43. The molecule has 1 atom stereocenters. The molecule has 0 aromatic heterocycles. The topological polar surface area (TPSA) is 38.0 Å². The Balaban J connectivity index is 2.53. The van der Waals surface area contributed by atoms with Crippen LogP contribution in [0.25, 0.3) is 0 Å². The van der Waals surface area contributed by atoms with Crippen LogP contribution in [0.1, 0.15) is 17.2 Å². The van der Waals surface area contributed by atoms with Gasteiger partial charge in [0, 0.05) is 5.56 Å². The van der Waals surface area contributed by atoms with Crippen LogP contribution in [0.3, 0.4) is 0 Å². The molecule has 18 heavy (non-hydrogen) atoms. The number of nitrogens with one attached hydrogen (secondary N) is 1. The number of hydrazine groups is 1. The maximum absolute atomic E-state index is 13.7. The van der Waals surface area contributed by atoms with Crippen molar-refractivity contribution in [2.75, 3.05) is 0 Å². The minimum Gasteiger partial charge on any atom is -0.271 e. The lowest BCUT2D eigenvalue weighted by Crippen LogP contribution is -2.29. The lowest BCUT2D eigenvalue weighted by molar-refractivity contribution is 0.556. The molecule has 0 aliphatic rings. The van der Waals surface area contributed by atoms with E-state index < -0.39 is 17.7 Å². The summed E-state index contributed by atoms with van der Waals surface area (Å²) in [5.41, 5.74) is 3.16. The zero-order valence-electron chi connectivity index (χ0n) is 9.33. The molecule has 0 amide bonds. The van der Waals surface area contributed by atoms with Crippen LogP contribution < -0.4 is 11.3 Å². The first-order valence-corrected chi connectivity index (χ1v) is 5.67. The largest absolute Gasteiger partial charge is 0.271 e. The van der Waals surface area contributed by atoms with Crippen molar-refractivity contribution >= 4 is 11.6 Å². The van der Waals surface area contributed by atoms with Gasteiger partial charge >= 0.3 is 0 Å². The van der Waals surface area contributed by atoms with Gasteiger partial charge in [0.05, 0.1) is 11.1 Å². The summed E-state index contributed by atoms with van der Waals surface area (Å²) in [5, 5.41) is -0.0660. The average molecular weight is 269 g/mol. The summed E-state index contributed by atoms with van der Waals surface area (Å²) in [7, 11) is 0. The molecule has 94 valence electrons. The maximum atomic E-state index is 13.7. The van der Waals surface area contributed by atoms with Crippen molar-refractivity contribution in [1.82, 2.24) is 5.43 Å². The molecule has 0 bridgehead atoms. The van der Waals surface area contributed by atoms with E-state index in [1.807, 2.05) is 0 Å². The Morgan fingerprint density at radius 3 is 2.22 bits per heavy atom. The lowest BCUT2D eigenvalue weighted by atomic mass is 9.98. The molecule has 0 spiro atoms. The zero-order chi connectivity index (χ0) is 13.1. The van der Waals surface area contributed by atoms with Crippen LogP contribution in [0, 0.1) is 11.6 Å². The second-order valence-electron chi connectivity index (χ2n) is 3.76. The van der Waals surface area contributed by atoms with Crippen molar-refractivity contribution in [2.45, 2.75) is 6.04 Å². The van der Waals surface area contributed by atoms with Gasteiger partial charge in [-0.25, -0.2) is 14.2 Å². The van der Waals surface area contributed by atoms with Gasteiger partial charge in [-0.2, -0.15) is 0 Å². The van der Waals surface area contributed by atoms with Crippen molar-refractivity contribution in [3.63, 3.8) is 0 Å². The van der Waals surface area contributed by atoms with Crippen molar-refractivity contribution < 1.29 is 8.78 Å². The van der Waals surface area contributed by atoms with Crippen molar-refractivity contribution in [2.24, 2.45) is 5.84 Å². The van der Waals surface area contributed by atoms with Crippen LogP contribution in [0.2, 0.25) is 5.02 Å². The van der Waals surface area contributed by atoms with E-state index in [2.05, 4.69) is 5.43 Å². The minimum atomic E-state index is -0.700. The molecule has 0 radical (unpaired) electrons. The third-order valence-electron chi connectivity index (χ3n) is 2.68. The summed E-state index contributed by atoms with van der Waals surface area (Å²) in [6, 6.07) is 9.77. The SMILES string of the molecule is NNC(c1ccccc1F)c1cccc(F)c1Cl. The maximum Gasteiger partial charge on any atom is 0.142 e. The first kappa shape index (κ1) is 13.0. The Hall–Kier alpha value is -1.49. The van der Waals surface area contributed by atoms with E-state index in [4.69, 9.17) is 17.4 Å². The van der Waals surface area contributed by atoms with Gasteiger partial charge in [0.25, 0.3) is 0 Å². The van der Waals surface area contributed by atoms with E-state index in [0.717, 1.165) is 0 Å². The number of hydrogen-bond donors (Lipinski definition) is 2. The predicted octanol–water partition coefficient (Wildman–Crippen LogP) is 3.17. The van der Waals surface area contributed by atoms with E-state index in [1.54, 1.807) is 24.3 Å². The van der Waals surface area contributed by atoms with E-state index in [1.165, 1.54) is 18.2 Å². The number of hydrogen-bond acceptors (Lipinski definition) is 2. The van der Waals surface area contributed by atoms with Gasteiger partial charge in [-0.05, 0) is 17.7 Å². The number of halogens is 3. The highest BCUT2D eigenvalue weighted by molar-refractivity contribution is 6.31. The standard InChI is InChI=1S/C13H11ClF2N2/c14-12-9(5-3-7-11(12)16)13(18-17)8-4-1-2-6-10(8)15/h1-7,13,18H,17H2. The van der Waals surface area contributed by atoms with Crippen LogP contribution in [0.5, 0.6) is 0 Å². The van der Waals surface area contributed by atoms with Crippen molar-refractivity contribution in [3.8, 4) is 0 Å². The highest BCUT2D eigenvalue weighted by Gasteiger charge is 2.20. The fraction of sp³-hybridized carbons (Fsp3) is 0.0769. The molecule has 2 rings (SSSR count). The Morgan fingerprint density at radius 2 is 1.56 bits per heavy atom. The molecule has 0 heterocycles. The Bertz CT molecular complexity index is 560. The first-order valence-electron chi connectivity index (χ1n) is 5.29. The Kier molecular flexibility index (Phi) is 3.91. The molecular weight excluding hydrogens is 258 g/mol. The normalized spacial score (nSPS) is 12.4. The fourth-order valence-electron chi connectivity index (χ4n) is 1.80. The highest BCUT2D eigenvalue weighted by atomic mass is 35.5. The van der Waals surface area contributed by atoms with Gasteiger partial charge < -0.3 is 0 Å². The van der Waals surface area contributed by atoms with Crippen molar-refractivity contribution in [3.05, 3.63) is 70.2 Å². The Labute approximate surface area is 108 Å². The fourth-order valence-corrected chi connectivity index (χ4v) is 2.03. The molecule has 0 aliphatic carbocycles. The highest BCUT2D eigenvalue weighted by Crippen LogP contribution is 2.30. The van der Waals surface area contributed by atoms with Gasteiger partial charge in [-0.15, -0.1) is 0 Å². The van der Waals surface area contributed by atoms with Gasteiger partial charge in [0.15, 0.2) is 0 Å². The average Bonchev–Trinajstić information content (AvgIpc) is 2.37. The van der Waals surface area contributed by atoms with E-state index >= 15 is 0 Å². The molecular formula is C13H11ClF2N2. The van der Waals surface area contributed by atoms with Gasteiger partial charge in [-0.3, -0.25) is 5.84 Å². The summed E-state index contributed by atoms with van der Waals surface area (Å²) in [6.45, 7) is 0. The zero-order valence-corrected chi connectivity index (χ0v) is 10.1. The summed E-state index contributed by atoms with van der Waals surface area (Å²) >= 11 is 5.88. The van der Waals surface area contributed by atoms with Crippen LogP contribution >= 0.6 is 11.6 Å². The molecule has 0 saturated heterocycles. The van der Waals surface area contributed by atoms with E-state index in [9.17, 15) is 8.78 Å². The smallest absolute Gasteiger partial charge is 0.142 e. The summed E-state index contributed by atoms with van der Waals surface area (Å²) < 4.78 is 27.1. The third-order valence-corrected chi connectivity index (χ3v) is 3.07. The molecule has 2 aromatic carbocycles. The number of nitrogens with two attached hydrogens (primary N) is 1. The molecule has 5 heteroatoms. The molecule has 0 saturated carbocycles. The third kappa shape index (κ3) is 2.36. The van der Waals surface area contributed by atoms with Crippen LogP contribution in [0.4, 0.5) is 8.78 Å². The lowest BCUT2D eigenvalue weighted by Gasteiger charge is -2.18. The molecule has 3 N–H and O–H groups in total. The van der Waals surface area contributed by atoms with Gasteiger partial charge in [-0.1, -0.05) is 41.9 Å². The monoisotopic (exact) mass is 268 g/mol. The molecule has 0 fully saturated rings. The van der Waals surface area contributed by atoms with Gasteiger partial charge in [0.1, 0.15) is 11.6 Å². The van der Waals surface area contributed by atoms with E-state index in [-0.39, 0.29) is 5.02 Å². The quantitative estimate of drug-likeness (QED) is 0.663. The molecule has 2 nitrogen and oxygen atoms in total. The summed E-state index contributed by atoms with van der Waals surface area (Å²) in [6.07, 6.45) is 0. The molecule has 2 aromatic rings. The van der Waals surface area contributed by atoms with Crippen LogP contribution in [0.15, 0.2) is 42.5 Å².